The zero-order valence-corrected chi connectivity index (χ0v) is 20.7. The first-order valence-corrected chi connectivity index (χ1v) is 12.8. The maximum atomic E-state index is 12.8. The normalized spacial score (nSPS) is 11.2. The molecule has 9 heteroatoms. The lowest BCUT2D eigenvalue weighted by Crippen LogP contribution is -2.31. The number of nitrogens with zero attached hydrogens (tertiary/aromatic N) is 1. The standard InChI is InChI=1S/C25H26ClN3O4S/c1-17(2)27-25(31)22-9-4-5-10-23(22)28-24(30)19-13-11-18(12-14-19)16-29(34(3,32)33)21-8-6-7-20(26)15-21/h4-15,17H,16H2,1-3H3,(H,27,31)(H,28,30). The van der Waals surface area contributed by atoms with E-state index in [1.165, 1.54) is 4.31 Å². The molecule has 2 amide bonds. The number of sulfonamides is 1. The molecule has 3 aromatic rings. The van der Waals surface area contributed by atoms with Gasteiger partial charge in [0.2, 0.25) is 10.0 Å². The first-order valence-electron chi connectivity index (χ1n) is 10.6. The molecule has 0 unspecified atom stereocenters. The van der Waals surface area contributed by atoms with Crippen LogP contribution in [-0.4, -0.2) is 32.5 Å². The summed E-state index contributed by atoms with van der Waals surface area (Å²) in [5, 5.41) is 6.02. The molecule has 0 saturated carbocycles. The quantitative estimate of drug-likeness (QED) is 0.469. The van der Waals surface area contributed by atoms with Crippen molar-refractivity contribution in [3.8, 4) is 0 Å². The smallest absolute Gasteiger partial charge is 0.255 e. The summed E-state index contributed by atoms with van der Waals surface area (Å²) in [6.07, 6.45) is 1.13. The highest BCUT2D eigenvalue weighted by atomic mass is 35.5. The predicted octanol–water partition coefficient (Wildman–Crippen LogP) is 4.70. The van der Waals surface area contributed by atoms with Crippen LogP contribution in [0.2, 0.25) is 5.02 Å². The van der Waals surface area contributed by atoms with Gasteiger partial charge in [0.05, 0.1) is 29.7 Å². The van der Waals surface area contributed by atoms with E-state index in [0.29, 0.717) is 33.1 Å². The van der Waals surface area contributed by atoms with Gasteiger partial charge in [0.15, 0.2) is 0 Å². The van der Waals surface area contributed by atoms with Crippen molar-refractivity contribution < 1.29 is 18.0 Å². The third-order valence-corrected chi connectivity index (χ3v) is 6.25. The average Bonchev–Trinajstić information content (AvgIpc) is 2.77. The van der Waals surface area contributed by atoms with Gasteiger partial charge < -0.3 is 10.6 Å². The van der Waals surface area contributed by atoms with Gasteiger partial charge in [-0.05, 0) is 61.9 Å². The Bertz CT molecular complexity index is 1290. The van der Waals surface area contributed by atoms with Gasteiger partial charge >= 0.3 is 0 Å². The minimum atomic E-state index is -3.56. The van der Waals surface area contributed by atoms with E-state index in [2.05, 4.69) is 10.6 Å². The number of rotatable bonds is 8. The lowest BCUT2D eigenvalue weighted by Gasteiger charge is -2.23. The Kier molecular flexibility index (Phi) is 7.96. The van der Waals surface area contributed by atoms with Gasteiger partial charge in [-0.2, -0.15) is 0 Å². The van der Waals surface area contributed by atoms with Crippen LogP contribution >= 0.6 is 11.6 Å². The van der Waals surface area contributed by atoms with Crippen LogP contribution in [0.5, 0.6) is 0 Å². The molecule has 0 spiro atoms. The number of carbonyl (C=O) groups is 2. The van der Waals surface area contributed by atoms with Gasteiger partial charge in [0, 0.05) is 16.6 Å². The Labute approximate surface area is 204 Å². The number of carbonyl (C=O) groups excluding carboxylic acids is 2. The van der Waals surface area contributed by atoms with Crippen molar-refractivity contribution in [3.63, 3.8) is 0 Å². The van der Waals surface area contributed by atoms with Crippen LogP contribution < -0.4 is 14.9 Å². The zero-order chi connectivity index (χ0) is 24.9. The SMILES string of the molecule is CC(C)NC(=O)c1ccccc1NC(=O)c1ccc(CN(c2cccc(Cl)c2)S(C)(=O)=O)cc1. The summed E-state index contributed by atoms with van der Waals surface area (Å²) in [4.78, 5) is 25.2. The lowest BCUT2D eigenvalue weighted by molar-refractivity contribution is 0.0944. The molecule has 34 heavy (non-hydrogen) atoms. The number of amides is 2. The number of para-hydroxylation sites is 1. The molecule has 0 fully saturated rings. The van der Waals surface area contributed by atoms with Crippen LogP contribution in [0.4, 0.5) is 11.4 Å². The van der Waals surface area contributed by atoms with Crippen LogP contribution in [0.25, 0.3) is 0 Å². The van der Waals surface area contributed by atoms with Gasteiger partial charge in [-0.1, -0.05) is 41.9 Å². The molecule has 2 N–H and O–H groups in total. The van der Waals surface area contributed by atoms with Crippen LogP contribution in [0, 0.1) is 0 Å². The molecule has 0 heterocycles. The fourth-order valence-electron chi connectivity index (χ4n) is 3.28. The van der Waals surface area contributed by atoms with Gasteiger partial charge in [0.1, 0.15) is 0 Å². The summed E-state index contributed by atoms with van der Waals surface area (Å²) in [7, 11) is -3.56. The predicted molar refractivity (Wildman–Crippen MR) is 136 cm³/mol. The Morgan fingerprint density at radius 2 is 1.62 bits per heavy atom. The molecule has 0 atom stereocenters. The Balaban J connectivity index is 1.77. The second-order valence-corrected chi connectivity index (χ2v) is 10.4. The van der Waals surface area contributed by atoms with E-state index in [4.69, 9.17) is 11.6 Å². The van der Waals surface area contributed by atoms with Crippen molar-refractivity contribution >= 4 is 44.8 Å². The molecule has 0 aliphatic heterocycles. The van der Waals surface area contributed by atoms with E-state index in [9.17, 15) is 18.0 Å². The van der Waals surface area contributed by atoms with E-state index in [1.807, 2.05) is 13.8 Å². The molecule has 3 rings (SSSR count). The van der Waals surface area contributed by atoms with Gasteiger partial charge in [-0.25, -0.2) is 8.42 Å². The Morgan fingerprint density at radius 3 is 2.24 bits per heavy atom. The molecule has 0 aliphatic carbocycles. The van der Waals surface area contributed by atoms with E-state index in [0.717, 1.165) is 6.26 Å². The topological polar surface area (TPSA) is 95.6 Å². The van der Waals surface area contributed by atoms with Crippen molar-refractivity contribution in [2.24, 2.45) is 0 Å². The first kappa shape index (κ1) is 25.3. The maximum Gasteiger partial charge on any atom is 0.255 e. The molecule has 0 saturated heterocycles. The fourth-order valence-corrected chi connectivity index (χ4v) is 4.35. The van der Waals surface area contributed by atoms with Gasteiger partial charge in [-0.15, -0.1) is 0 Å². The minimum Gasteiger partial charge on any atom is -0.350 e. The number of halogens is 1. The van der Waals surface area contributed by atoms with Crippen LogP contribution in [-0.2, 0) is 16.6 Å². The van der Waals surface area contributed by atoms with E-state index >= 15 is 0 Å². The molecular formula is C25H26ClN3O4S. The molecule has 3 aromatic carbocycles. The molecule has 0 aliphatic rings. The molecule has 7 nitrogen and oxygen atoms in total. The maximum absolute atomic E-state index is 12.8. The molecule has 0 radical (unpaired) electrons. The van der Waals surface area contributed by atoms with Crippen molar-refractivity contribution in [2.75, 3.05) is 15.9 Å². The highest BCUT2D eigenvalue weighted by Gasteiger charge is 2.19. The average molecular weight is 500 g/mol. The molecule has 0 aromatic heterocycles. The fraction of sp³-hybridized carbons (Fsp3) is 0.200. The number of anilines is 2. The largest absolute Gasteiger partial charge is 0.350 e. The minimum absolute atomic E-state index is 0.0396. The number of hydrogen-bond acceptors (Lipinski definition) is 4. The third-order valence-electron chi connectivity index (χ3n) is 4.88. The zero-order valence-electron chi connectivity index (χ0n) is 19.1. The van der Waals surface area contributed by atoms with E-state index in [-0.39, 0.29) is 24.4 Å². The molecule has 178 valence electrons. The molecule has 0 bridgehead atoms. The van der Waals surface area contributed by atoms with Gasteiger partial charge in [0.25, 0.3) is 11.8 Å². The summed E-state index contributed by atoms with van der Waals surface area (Å²) in [5.74, 6) is -0.658. The highest BCUT2D eigenvalue weighted by molar-refractivity contribution is 7.92. The van der Waals surface area contributed by atoms with Crippen molar-refractivity contribution in [3.05, 3.63) is 94.5 Å². The summed E-state index contributed by atoms with van der Waals surface area (Å²) in [6, 6.07) is 19.9. The first-order chi connectivity index (χ1) is 16.0. The Hall–Kier alpha value is -3.36. The van der Waals surface area contributed by atoms with Crippen LogP contribution in [0.3, 0.4) is 0 Å². The van der Waals surface area contributed by atoms with Crippen LogP contribution in [0.1, 0.15) is 40.1 Å². The summed E-state index contributed by atoms with van der Waals surface area (Å²) in [5.41, 5.74) is 2.29. The number of hydrogen-bond donors (Lipinski definition) is 2. The summed E-state index contributed by atoms with van der Waals surface area (Å²) in [6.45, 7) is 3.80. The summed E-state index contributed by atoms with van der Waals surface area (Å²) < 4.78 is 26.0. The monoisotopic (exact) mass is 499 g/mol. The second-order valence-electron chi connectivity index (χ2n) is 8.07. The lowest BCUT2D eigenvalue weighted by atomic mass is 10.1. The highest BCUT2D eigenvalue weighted by Crippen LogP contribution is 2.24. The van der Waals surface area contributed by atoms with E-state index < -0.39 is 10.0 Å². The number of benzene rings is 3. The molecular weight excluding hydrogens is 474 g/mol. The third kappa shape index (κ3) is 6.59. The van der Waals surface area contributed by atoms with Crippen molar-refractivity contribution in [1.29, 1.82) is 0 Å². The van der Waals surface area contributed by atoms with Crippen molar-refractivity contribution in [1.82, 2.24) is 5.32 Å². The second kappa shape index (κ2) is 10.7. The van der Waals surface area contributed by atoms with E-state index in [1.54, 1.807) is 72.8 Å². The Morgan fingerprint density at radius 1 is 0.941 bits per heavy atom. The van der Waals surface area contributed by atoms with Crippen LogP contribution in [0.15, 0.2) is 72.8 Å². The van der Waals surface area contributed by atoms with Crippen molar-refractivity contribution in [2.45, 2.75) is 26.4 Å². The number of nitrogens with one attached hydrogen (secondary N) is 2. The summed E-state index contributed by atoms with van der Waals surface area (Å²) >= 11 is 6.03. The van der Waals surface area contributed by atoms with Gasteiger partial charge in [-0.3, -0.25) is 13.9 Å².